The number of hydrogen-bond acceptors (Lipinski definition) is 5. The first-order valence-electron chi connectivity index (χ1n) is 7.47. The summed E-state index contributed by atoms with van der Waals surface area (Å²) >= 11 is 6.70. The lowest BCUT2D eigenvalue weighted by atomic mass is 10.1. The van der Waals surface area contributed by atoms with Crippen LogP contribution < -0.4 is 5.32 Å². The topological polar surface area (TPSA) is 69.0 Å². The van der Waals surface area contributed by atoms with Crippen LogP contribution >= 0.6 is 23.4 Å². The van der Waals surface area contributed by atoms with Crippen LogP contribution in [-0.4, -0.2) is 40.1 Å². The zero-order valence-electron chi connectivity index (χ0n) is 13.7. The molecule has 0 aliphatic heterocycles. The highest BCUT2D eigenvalue weighted by Crippen LogP contribution is 2.36. The normalized spacial score (nSPS) is 11.6. The standard InChI is InChI=1S/C15H16ClF3N4O2S/c1-25-6-2-5-23-9-20-22-14(23)26-8-13(24)21-12-4-3-10(16)7-11(12)15(17,18)19/h3-4,7,9H,2,5-6,8H2,1H3,(H,21,24). The summed E-state index contributed by atoms with van der Waals surface area (Å²) in [6.07, 6.45) is -2.35. The van der Waals surface area contributed by atoms with Gasteiger partial charge in [-0.25, -0.2) is 0 Å². The third-order valence-electron chi connectivity index (χ3n) is 3.22. The number of hydrogen-bond donors (Lipinski definition) is 1. The van der Waals surface area contributed by atoms with Gasteiger partial charge < -0.3 is 14.6 Å². The van der Waals surface area contributed by atoms with Crippen molar-refractivity contribution in [2.75, 3.05) is 24.8 Å². The number of alkyl halides is 3. The van der Waals surface area contributed by atoms with Crippen molar-refractivity contribution in [2.24, 2.45) is 0 Å². The van der Waals surface area contributed by atoms with Crippen LogP contribution in [0.25, 0.3) is 0 Å². The molecule has 0 atom stereocenters. The maximum Gasteiger partial charge on any atom is 0.418 e. The SMILES string of the molecule is COCCCn1cnnc1SCC(=O)Nc1ccc(Cl)cc1C(F)(F)F. The molecule has 1 N–H and O–H groups in total. The zero-order chi connectivity index (χ0) is 19.2. The Morgan fingerprint density at radius 3 is 2.88 bits per heavy atom. The Kier molecular flexibility index (Phi) is 7.30. The van der Waals surface area contributed by atoms with E-state index in [0.717, 1.165) is 30.3 Å². The van der Waals surface area contributed by atoms with E-state index in [1.807, 2.05) is 0 Å². The summed E-state index contributed by atoms with van der Waals surface area (Å²) in [7, 11) is 1.60. The van der Waals surface area contributed by atoms with E-state index < -0.39 is 17.6 Å². The van der Waals surface area contributed by atoms with Crippen LogP contribution in [0.1, 0.15) is 12.0 Å². The number of carbonyl (C=O) groups excluding carboxylic acids is 1. The molecule has 0 spiro atoms. The van der Waals surface area contributed by atoms with Crippen molar-refractivity contribution >= 4 is 35.0 Å². The van der Waals surface area contributed by atoms with E-state index in [1.165, 1.54) is 12.4 Å². The van der Waals surface area contributed by atoms with E-state index in [9.17, 15) is 18.0 Å². The molecule has 2 rings (SSSR count). The molecule has 0 aliphatic carbocycles. The second-order valence-electron chi connectivity index (χ2n) is 5.18. The maximum atomic E-state index is 13.0. The highest BCUT2D eigenvalue weighted by molar-refractivity contribution is 7.99. The molecule has 0 saturated carbocycles. The molecule has 1 amide bonds. The molecule has 11 heteroatoms. The fourth-order valence-corrected chi connectivity index (χ4v) is 2.98. The van der Waals surface area contributed by atoms with Gasteiger partial charge in [0, 0.05) is 25.3 Å². The number of thioether (sulfide) groups is 1. The Balaban J connectivity index is 1.97. The number of carbonyl (C=O) groups is 1. The number of aromatic nitrogens is 3. The Bertz CT molecular complexity index is 755. The van der Waals surface area contributed by atoms with Gasteiger partial charge in [0.15, 0.2) is 5.16 Å². The monoisotopic (exact) mass is 408 g/mol. The molecule has 1 aromatic carbocycles. The number of amides is 1. The number of nitrogens with zero attached hydrogens (tertiary/aromatic N) is 3. The predicted octanol–water partition coefficient (Wildman–Crippen LogP) is 3.72. The quantitative estimate of drug-likeness (QED) is 0.532. The number of aryl methyl sites for hydroxylation is 1. The number of methoxy groups -OCH3 is 1. The molecular weight excluding hydrogens is 393 g/mol. The number of benzene rings is 1. The van der Waals surface area contributed by atoms with Gasteiger partial charge in [0.25, 0.3) is 0 Å². The Hall–Kier alpha value is -1.78. The van der Waals surface area contributed by atoms with E-state index >= 15 is 0 Å². The first kappa shape index (κ1) is 20.5. The second kappa shape index (κ2) is 9.24. The summed E-state index contributed by atoms with van der Waals surface area (Å²) in [5.41, 5.74) is -1.33. The van der Waals surface area contributed by atoms with E-state index in [-0.39, 0.29) is 16.5 Å². The van der Waals surface area contributed by atoms with Gasteiger partial charge in [-0.15, -0.1) is 10.2 Å². The zero-order valence-corrected chi connectivity index (χ0v) is 15.3. The van der Waals surface area contributed by atoms with E-state index in [4.69, 9.17) is 16.3 Å². The maximum absolute atomic E-state index is 13.0. The van der Waals surface area contributed by atoms with Crippen LogP contribution in [0.5, 0.6) is 0 Å². The summed E-state index contributed by atoms with van der Waals surface area (Å²) in [5.74, 6) is -0.697. The molecule has 0 radical (unpaired) electrons. The average Bonchev–Trinajstić information content (AvgIpc) is 3.01. The molecule has 142 valence electrons. The molecule has 2 aromatic rings. The van der Waals surface area contributed by atoms with Gasteiger partial charge in [0.2, 0.25) is 5.91 Å². The molecule has 0 fully saturated rings. The smallest absolute Gasteiger partial charge is 0.385 e. The molecule has 6 nitrogen and oxygen atoms in total. The van der Waals surface area contributed by atoms with E-state index in [0.29, 0.717) is 18.3 Å². The van der Waals surface area contributed by atoms with Crippen molar-refractivity contribution in [1.82, 2.24) is 14.8 Å². The van der Waals surface area contributed by atoms with Crippen molar-refractivity contribution in [3.8, 4) is 0 Å². The Labute approximate surface area is 157 Å². The number of rotatable bonds is 8. The fraction of sp³-hybridized carbons (Fsp3) is 0.400. The highest BCUT2D eigenvalue weighted by atomic mass is 35.5. The Morgan fingerprint density at radius 2 is 2.19 bits per heavy atom. The van der Waals surface area contributed by atoms with Gasteiger partial charge in [-0.2, -0.15) is 13.2 Å². The van der Waals surface area contributed by atoms with E-state index in [1.54, 1.807) is 11.7 Å². The largest absolute Gasteiger partial charge is 0.418 e. The van der Waals surface area contributed by atoms with Gasteiger partial charge in [-0.3, -0.25) is 4.79 Å². The summed E-state index contributed by atoms with van der Waals surface area (Å²) < 4.78 is 45.8. The molecule has 0 aliphatic rings. The van der Waals surface area contributed by atoms with Crippen molar-refractivity contribution in [3.63, 3.8) is 0 Å². The fourth-order valence-electron chi connectivity index (χ4n) is 2.07. The van der Waals surface area contributed by atoms with Crippen LogP contribution in [0.4, 0.5) is 18.9 Å². The van der Waals surface area contributed by atoms with Crippen molar-refractivity contribution in [2.45, 2.75) is 24.3 Å². The third-order valence-corrected chi connectivity index (χ3v) is 4.44. The minimum absolute atomic E-state index is 0.0612. The van der Waals surface area contributed by atoms with Crippen molar-refractivity contribution < 1.29 is 22.7 Å². The minimum atomic E-state index is -4.62. The molecule has 1 heterocycles. The lowest BCUT2D eigenvalue weighted by molar-refractivity contribution is -0.137. The van der Waals surface area contributed by atoms with Crippen LogP contribution in [0.2, 0.25) is 5.02 Å². The highest BCUT2D eigenvalue weighted by Gasteiger charge is 2.34. The lowest BCUT2D eigenvalue weighted by Crippen LogP contribution is -2.18. The summed E-state index contributed by atoms with van der Waals surface area (Å²) in [5, 5.41) is 10.4. The summed E-state index contributed by atoms with van der Waals surface area (Å²) in [6.45, 7) is 1.18. The molecule has 26 heavy (non-hydrogen) atoms. The van der Waals surface area contributed by atoms with Gasteiger partial charge in [0.05, 0.1) is 17.0 Å². The summed E-state index contributed by atoms with van der Waals surface area (Å²) in [4.78, 5) is 12.0. The van der Waals surface area contributed by atoms with Crippen LogP contribution in [-0.2, 0) is 22.3 Å². The van der Waals surface area contributed by atoms with Gasteiger partial charge >= 0.3 is 6.18 Å². The van der Waals surface area contributed by atoms with Gasteiger partial charge in [-0.05, 0) is 24.6 Å². The second-order valence-corrected chi connectivity index (χ2v) is 6.56. The minimum Gasteiger partial charge on any atom is -0.385 e. The van der Waals surface area contributed by atoms with E-state index in [2.05, 4.69) is 15.5 Å². The number of anilines is 1. The number of halogens is 4. The Morgan fingerprint density at radius 1 is 1.42 bits per heavy atom. The average molecular weight is 409 g/mol. The predicted molar refractivity (Wildman–Crippen MR) is 92.3 cm³/mol. The molecule has 0 unspecified atom stereocenters. The van der Waals surface area contributed by atoms with Crippen molar-refractivity contribution in [1.29, 1.82) is 0 Å². The van der Waals surface area contributed by atoms with Crippen LogP contribution in [0.15, 0.2) is 29.7 Å². The first-order chi connectivity index (χ1) is 12.3. The first-order valence-corrected chi connectivity index (χ1v) is 8.83. The summed E-state index contributed by atoms with van der Waals surface area (Å²) in [6, 6.07) is 3.18. The molecule has 0 saturated heterocycles. The van der Waals surface area contributed by atoms with Crippen molar-refractivity contribution in [3.05, 3.63) is 35.1 Å². The molecule has 1 aromatic heterocycles. The lowest BCUT2D eigenvalue weighted by Gasteiger charge is -2.14. The third kappa shape index (κ3) is 5.89. The molecular formula is C15H16ClF3N4O2S. The van der Waals surface area contributed by atoms with Crippen LogP contribution in [0.3, 0.4) is 0 Å². The van der Waals surface area contributed by atoms with Gasteiger partial charge in [-0.1, -0.05) is 23.4 Å². The molecule has 0 bridgehead atoms. The number of nitrogens with one attached hydrogen (secondary N) is 1. The number of ether oxygens (including phenoxy) is 1. The van der Waals surface area contributed by atoms with Crippen LogP contribution in [0, 0.1) is 0 Å². The van der Waals surface area contributed by atoms with Gasteiger partial charge in [0.1, 0.15) is 6.33 Å².